The number of ether oxygens (including phenoxy) is 1. The SMILES string of the molecule is CCCCC(CO)OCC1CC2C=CC1C2. The molecule has 1 saturated carbocycles. The molecule has 2 heteroatoms. The second-order valence-electron chi connectivity index (χ2n) is 5.32. The van der Waals surface area contributed by atoms with E-state index >= 15 is 0 Å². The van der Waals surface area contributed by atoms with Gasteiger partial charge in [0.15, 0.2) is 0 Å². The summed E-state index contributed by atoms with van der Waals surface area (Å²) in [7, 11) is 0. The minimum Gasteiger partial charge on any atom is -0.394 e. The van der Waals surface area contributed by atoms with Gasteiger partial charge in [-0.1, -0.05) is 31.9 Å². The van der Waals surface area contributed by atoms with E-state index in [4.69, 9.17) is 4.74 Å². The molecule has 0 aromatic heterocycles. The van der Waals surface area contributed by atoms with Gasteiger partial charge in [-0.05, 0) is 37.0 Å². The summed E-state index contributed by atoms with van der Waals surface area (Å²) in [5, 5.41) is 9.22. The second kappa shape index (κ2) is 5.83. The predicted molar refractivity (Wildman–Crippen MR) is 65.2 cm³/mol. The fourth-order valence-electron chi connectivity index (χ4n) is 3.01. The first-order valence-electron chi connectivity index (χ1n) is 6.74. The summed E-state index contributed by atoms with van der Waals surface area (Å²) in [6.45, 7) is 3.20. The van der Waals surface area contributed by atoms with E-state index in [2.05, 4.69) is 19.1 Å². The summed E-state index contributed by atoms with van der Waals surface area (Å²) in [6, 6.07) is 0. The summed E-state index contributed by atoms with van der Waals surface area (Å²) in [5.74, 6) is 2.29. The molecule has 4 unspecified atom stereocenters. The number of aliphatic hydroxyl groups is 1. The minimum atomic E-state index is 0.0723. The third-order valence-corrected chi connectivity index (χ3v) is 4.05. The van der Waals surface area contributed by atoms with Crippen molar-refractivity contribution in [1.82, 2.24) is 0 Å². The van der Waals surface area contributed by atoms with E-state index in [1.807, 2.05) is 0 Å². The topological polar surface area (TPSA) is 29.5 Å². The van der Waals surface area contributed by atoms with Crippen molar-refractivity contribution in [2.45, 2.75) is 45.1 Å². The summed E-state index contributed by atoms with van der Waals surface area (Å²) in [5.41, 5.74) is 0. The molecule has 16 heavy (non-hydrogen) atoms. The molecule has 92 valence electrons. The van der Waals surface area contributed by atoms with Crippen LogP contribution in [0.4, 0.5) is 0 Å². The smallest absolute Gasteiger partial charge is 0.0805 e. The monoisotopic (exact) mass is 224 g/mol. The van der Waals surface area contributed by atoms with Crippen molar-refractivity contribution in [2.24, 2.45) is 17.8 Å². The van der Waals surface area contributed by atoms with Crippen LogP contribution in [0.15, 0.2) is 12.2 Å². The first-order chi connectivity index (χ1) is 7.83. The number of hydrogen-bond acceptors (Lipinski definition) is 2. The van der Waals surface area contributed by atoms with Crippen molar-refractivity contribution in [3.05, 3.63) is 12.2 Å². The van der Waals surface area contributed by atoms with Crippen molar-refractivity contribution < 1.29 is 9.84 Å². The number of unbranched alkanes of at least 4 members (excludes halogenated alkanes) is 1. The Labute approximate surface area is 98.7 Å². The first-order valence-corrected chi connectivity index (χ1v) is 6.74. The molecule has 4 atom stereocenters. The molecule has 0 amide bonds. The lowest BCUT2D eigenvalue weighted by Crippen LogP contribution is -2.23. The molecular weight excluding hydrogens is 200 g/mol. The standard InChI is InChI=1S/C14H24O2/c1-2-3-4-14(9-15)16-10-13-8-11-5-6-12(13)7-11/h5-6,11-15H,2-4,7-10H2,1H3. The lowest BCUT2D eigenvalue weighted by Gasteiger charge is -2.22. The summed E-state index contributed by atoms with van der Waals surface area (Å²) >= 11 is 0. The van der Waals surface area contributed by atoms with E-state index in [1.165, 1.54) is 19.3 Å². The normalized spacial score (nSPS) is 33.5. The Kier molecular flexibility index (Phi) is 4.42. The Balaban J connectivity index is 1.68. The van der Waals surface area contributed by atoms with Crippen LogP contribution in [0, 0.1) is 17.8 Å². The quantitative estimate of drug-likeness (QED) is 0.674. The molecule has 1 N–H and O–H groups in total. The summed E-state index contributed by atoms with van der Waals surface area (Å²) in [6.07, 6.45) is 10.8. The van der Waals surface area contributed by atoms with Crippen LogP contribution in [-0.4, -0.2) is 24.4 Å². The van der Waals surface area contributed by atoms with Gasteiger partial charge < -0.3 is 9.84 Å². The zero-order chi connectivity index (χ0) is 11.4. The number of aliphatic hydroxyl groups excluding tert-OH is 1. The Morgan fingerprint density at radius 1 is 1.38 bits per heavy atom. The van der Waals surface area contributed by atoms with Gasteiger partial charge in [0.1, 0.15) is 0 Å². The van der Waals surface area contributed by atoms with Crippen LogP contribution in [-0.2, 0) is 4.74 Å². The van der Waals surface area contributed by atoms with Crippen LogP contribution in [0.3, 0.4) is 0 Å². The zero-order valence-corrected chi connectivity index (χ0v) is 10.3. The van der Waals surface area contributed by atoms with E-state index in [0.717, 1.165) is 31.3 Å². The first kappa shape index (κ1) is 12.1. The van der Waals surface area contributed by atoms with E-state index < -0.39 is 0 Å². The van der Waals surface area contributed by atoms with Gasteiger partial charge in [0, 0.05) is 0 Å². The molecule has 0 saturated heterocycles. The fraction of sp³-hybridized carbons (Fsp3) is 0.857. The van der Waals surface area contributed by atoms with Gasteiger partial charge in [-0.2, -0.15) is 0 Å². The Bertz CT molecular complexity index is 237. The average Bonchev–Trinajstić information content (AvgIpc) is 2.91. The highest BCUT2D eigenvalue weighted by Crippen LogP contribution is 2.43. The van der Waals surface area contributed by atoms with Gasteiger partial charge >= 0.3 is 0 Å². The second-order valence-corrected chi connectivity index (χ2v) is 5.32. The molecule has 0 aromatic carbocycles. The third-order valence-electron chi connectivity index (χ3n) is 4.05. The van der Waals surface area contributed by atoms with Gasteiger partial charge in [-0.3, -0.25) is 0 Å². The fourth-order valence-corrected chi connectivity index (χ4v) is 3.01. The molecule has 0 spiro atoms. The van der Waals surface area contributed by atoms with Crippen LogP contribution in [0.1, 0.15) is 39.0 Å². The van der Waals surface area contributed by atoms with Crippen molar-refractivity contribution in [3.63, 3.8) is 0 Å². The molecule has 0 aliphatic heterocycles. The summed E-state index contributed by atoms with van der Waals surface area (Å²) < 4.78 is 5.85. The van der Waals surface area contributed by atoms with Gasteiger partial charge in [-0.25, -0.2) is 0 Å². The number of allylic oxidation sites excluding steroid dienone is 2. The molecular formula is C14H24O2. The van der Waals surface area contributed by atoms with Crippen LogP contribution in [0.2, 0.25) is 0 Å². The maximum absolute atomic E-state index is 9.22. The lowest BCUT2D eigenvalue weighted by molar-refractivity contribution is -0.0138. The average molecular weight is 224 g/mol. The lowest BCUT2D eigenvalue weighted by atomic mass is 9.94. The Morgan fingerprint density at radius 2 is 2.25 bits per heavy atom. The number of hydrogen-bond donors (Lipinski definition) is 1. The van der Waals surface area contributed by atoms with Gasteiger partial charge in [0.05, 0.1) is 19.3 Å². The Hall–Kier alpha value is -0.340. The molecule has 0 heterocycles. The maximum atomic E-state index is 9.22. The van der Waals surface area contributed by atoms with E-state index in [0.29, 0.717) is 5.92 Å². The predicted octanol–water partition coefficient (Wildman–Crippen LogP) is 2.77. The van der Waals surface area contributed by atoms with Crippen LogP contribution in [0.5, 0.6) is 0 Å². The van der Waals surface area contributed by atoms with Crippen molar-refractivity contribution in [2.75, 3.05) is 13.2 Å². The van der Waals surface area contributed by atoms with Crippen LogP contribution >= 0.6 is 0 Å². The van der Waals surface area contributed by atoms with Gasteiger partial charge in [0.25, 0.3) is 0 Å². The highest BCUT2D eigenvalue weighted by molar-refractivity contribution is 5.09. The molecule has 2 bridgehead atoms. The molecule has 2 rings (SSSR count). The molecule has 0 aromatic rings. The summed E-state index contributed by atoms with van der Waals surface area (Å²) in [4.78, 5) is 0. The highest BCUT2D eigenvalue weighted by Gasteiger charge is 2.35. The van der Waals surface area contributed by atoms with E-state index in [9.17, 15) is 5.11 Å². The molecule has 0 radical (unpaired) electrons. The number of fused-ring (bicyclic) bond motifs is 2. The van der Waals surface area contributed by atoms with Crippen molar-refractivity contribution >= 4 is 0 Å². The van der Waals surface area contributed by atoms with Crippen LogP contribution in [0.25, 0.3) is 0 Å². The van der Waals surface area contributed by atoms with Crippen LogP contribution < -0.4 is 0 Å². The number of rotatable bonds is 7. The molecule has 2 nitrogen and oxygen atoms in total. The molecule has 2 aliphatic carbocycles. The van der Waals surface area contributed by atoms with E-state index in [-0.39, 0.29) is 12.7 Å². The van der Waals surface area contributed by atoms with Gasteiger partial charge in [-0.15, -0.1) is 0 Å². The van der Waals surface area contributed by atoms with Gasteiger partial charge in [0.2, 0.25) is 0 Å². The Morgan fingerprint density at radius 3 is 2.81 bits per heavy atom. The molecule has 2 aliphatic rings. The third kappa shape index (κ3) is 2.86. The zero-order valence-electron chi connectivity index (χ0n) is 10.3. The van der Waals surface area contributed by atoms with Crippen molar-refractivity contribution in [1.29, 1.82) is 0 Å². The van der Waals surface area contributed by atoms with E-state index in [1.54, 1.807) is 0 Å². The molecule has 1 fully saturated rings. The maximum Gasteiger partial charge on any atom is 0.0805 e. The highest BCUT2D eigenvalue weighted by atomic mass is 16.5. The minimum absolute atomic E-state index is 0.0723. The van der Waals surface area contributed by atoms with Crippen molar-refractivity contribution in [3.8, 4) is 0 Å². The largest absolute Gasteiger partial charge is 0.394 e.